The summed E-state index contributed by atoms with van der Waals surface area (Å²) < 4.78 is 5.55. The van der Waals surface area contributed by atoms with Gasteiger partial charge in [-0.1, -0.05) is 82.8 Å². The van der Waals surface area contributed by atoms with Gasteiger partial charge >= 0.3 is 3.18 Å². The van der Waals surface area contributed by atoms with E-state index < -0.39 is 12.1 Å². The molecule has 322 valence electrons. The summed E-state index contributed by atoms with van der Waals surface area (Å²) in [7, 11) is 5.13. The second kappa shape index (κ2) is 22.2. The van der Waals surface area contributed by atoms with Crippen molar-refractivity contribution in [2.75, 3.05) is 31.0 Å². The lowest BCUT2D eigenvalue weighted by Gasteiger charge is -2.21. The van der Waals surface area contributed by atoms with Crippen LogP contribution in [0.4, 0.5) is 11.4 Å². The molecule has 0 saturated heterocycles. The third kappa shape index (κ3) is 12.2. The van der Waals surface area contributed by atoms with E-state index in [-0.39, 0.29) is 20.7 Å². The molecule has 0 fully saturated rings. The Kier molecular flexibility index (Phi) is 17.0. The van der Waals surface area contributed by atoms with Crippen molar-refractivity contribution in [3.8, 4) is 11.5 Å². The van der Waals surface area contributed by atoms with Gasteiger partial charge in [-0.05, 0) is 108 Å². The monoisotopic (exact) mass is 1110 g/mol. The number of ether oxygens (including phenoxy) is 1. The summed E-state index contributed by atoms with van der Waals surface area (Å²) in [6.45, 7) is 0. The number of aliphatic imine (C=N–C) groups is 2. The molecule has 0 bridgehead atoms. The molecule has 2 atom stereocenters. The molecule has 2 amide bonds. The number of amides is 2. The van der Waals surface area contributed by atoms with E-state index in [1.807, 2.05) is 91.0 Å². The number of rotatable bonds is 7. The summed E-state index contributed by atoms with van der Waals surface area (Å²) >= 11 is 34.6. The van der Waals surface area contributed by atoms with Crippen LogP contribution in [0.1, 0.15) is 33.4 Å². The zero-order valence-corrected chi connectivity index (χ0v) is 41.7. The number of nitrogens with zero attached hydrogens (tertiary/aromatic N) is 4. The Morgan fingerprint density at radius 1 is 0.603 bits per heavy atom. The topological polar surface area (TPSA) is 94.8 Å². The van der Waals surface area contributed by atoms with Crippen LogP contribution < -0.4 is 14.5 Å². The molecule has 63 heavy (non-hydrogen) atoms. The molecule has 16 heteroatoms. The van der Waals surface area contributed by atoms with Crippen molar-refractivity contribution in [2.24, 2.45) is 9.98 Å². The minimum Gasteiger partial charge on any atom is -0.508 e. The molecule has 2 unspecified atom stereocenters. The molecule has 6 aromatic rings. The standard InChI is InChI=1S/C24H20Cl2N2O2.C23H18Cl2N2O2.BBr3/c1-28-22-12-9-17(25)14-19(22)23(15-7-10-18(30-2)11-8-15)27-21(24(28)29)13-16-5-3-4-6-20(16)26;1-27-21-11-8-16(24)13-18(21)22(14-6-9-17(28)10-7-14)26-20(23(27)29)12-15-4-2-3-5-19(15)25;2-1(3)4/h3-12,14,21H,13H2,1-2H3;2-11,13,20,28H,12H2,1H3;. The van der Waals surface area contributed by atoms with Crippen LogP contribution in [0.15, 0.2) is 143 Å². The van der Waals surface area contributed by atoms with Gasteiger partial charge in [0.1, 0.15) is 23.6 Å². The first-order valence-corrected chi connectivity index (χ1v) is 23.5. The number of aromatic hydroxyl groups is 1. The third-order valence-electron chi connectivity index (χ3n) is 10.2. The van der Waals surface area contributed by atoms with Crippen LogP contribution in [0.3, 0.4) is 0 Å². The fourth-order valence-electron chi connectivity index (χ4n) is 7.07. The van der Waals surface area contributed by atoms with E-state index in [4.69, 9.17) is 61.1 Å². The Hall–Kier alpha value is -4.14. The van der Waals surface area contributed by atoms with Gasteiger partial charge in [0, 0.05) is 69.3 Å². The Labute approximate surface area is 411 Å². The molecule has 1 N–H and O–H groups in total. The van der Waals surface area contributed by atoms with E-state index in [2.05, 4.69) is 47.3 Å². The second-order valence-corrected chi connectivity index (χ2v) is 22.3. The van der Waals surface area contributed by atoms with Gasteiger partial charge in [0.25, 0.3) is 11.8 Å². The SMILES string of the molecule is BrB(Br)Br.CN1C(=O)C(Cc2ccccc2Cl)N=C(c2ccc(O)cc2)c2cc(Cl)ccc21.COc1ccc(C2=NC(Cc3ccccc3Cl)C(=O)N(C)c3ccc(Cl)cc32)cc1. The van der Waals surface area contributed by atoms with Crippen molar-refractivity contribution in [3.05, 3.63) is 187 Å². The fourth-order valence-corrected chi connectivity index (χ4v) is 7.84. The number of likely N-dealkylation sites (N-methyl/N-ethyl adjacent to an activating group) is 2. The summed E-state index contributed by atoms with van der Waals surface area (Å²) in [5.74, 6) is 0.694. The molecule has 2 aliphatic rings. The summed E-state index contributed by atoms with van der Waals surface area (Å²) in [6, 6.07) is 39.0. The molecule has 0 aromatic heterocycles. The Morgan fingerprint density at radius 2 is 0.984 bits per heavy atom. The number of carbonyl (C=O) groups is 2. The van der Waals surface area contributed by atoms with Gasteiger partial charge in [0.2, 0.25) is 0 Å². The maximum atomic E-state index is 13.3. The zero-order chi connectivity index (χ0) is 45.4. The predicted octanol–water partition coefficient (Wildman–Crippen LogP) is 12.7. The van der Waals surface area contributed by atoms with Crippen LogP contribution in [0.2, 0.25) is 20.1 Å². The number of benzene rings is 6. The minimum absolute atomic E-state index is 0.0954. The summed E-state index contributed by atoms with van der Waals surface area (Å²) in [5, 5.41) is 12.0. The maximum Gasteiger partial charge on any atom is 0.369 e. The molecule has 0 saturated carbocycles. The molecule has 0 spiro atoms. The summed E-state index contributed by atoms with van der Waals surface area (Å²) in [5.41, 5.74) is 7.85. The molecule has 0 radical (unpaired) electrons. The van der Waals surface area contributed by atoms with Crippen molar-refractivity contribution in [1.29, 1.82) is 0 Å². The minimum atomic E-state index is -0.644. The number of carbonyl (C=O) groups excluding carboxylic acids is 2. The largest absolute Gasteiger partial charge is 0.508 e. The normalized spacial score (nSPS) is 15.5. The molecule has 8 rings (SSSR count). The van der Waals surface area contributed by atoms with Crippen molar-refractivity contribution >= 4 is 131 Å². The van der Waals surface area contributed by atoms with E-state index in [9.17, 15) is 14.7 Å². The number of phenols is 1. The Balaban J connectivity index is 0.000000194. The van der Waals surface area contributed by atoms with Crippen LogP contribution in [-0.4, -0.2) is 64.8 Å². The number of benzodiazepines with no additional fused rings is 2. The van der Waals surface area contributed by atoms with Crippen LogP contribution in [0.25, 0.3) is 0 Å². The lowest BCUT2D eigenvalue weighted by atomic mass is 10.00. The third-order valence-corrected chi connectivity index (χ3v) is 11.4. The molecular formula is C47H38BBr3Cl4N4O4. The molecule has 2 heterocycles. The van der Waals surface area contributed by atoms with Gasteiger partial charge in [-0.3, -0.25) is 19.6 Å². The molecule has 6 aromatic carbocycles. The van der Waals surface area contributed by atoms with Crippen molar-refractivity contribution < 1.29 is 19.4 Å². The van der Waals surface area contributed by atoms with Crippen LogP contribution in [-0.2, 0) is 22.4 Å². The number of halogens is 7. The van der Waals surface area contributed by atoms with Gasteiger partial charge in [-0.25, -0.2) is 0 Å². The lowest BCUT2D eigenvalue weighted by Crippen LogP contribution is -2.36. The van der Waals surface area contributed by atoms with Gasteiger partial charge in [-0.2, -0.15) is 0 Å². The highest BCUT2D eigenvalue weighted by atomic mass is 79.9. The summed E-state index contributed by atoms with van der Waals surface area (Å²) in [6.07, 6.45) is 0.788. The van der Waals surface area contributed by atoms with Crippen molar-refractivity contribution in [1.82, 2.24) is 0 Å². The maximum absolute atomic E-state index is 13.3. The lowest BCUT2D eigenvalue weighted by molar-refractivity contribution is -0.120. The van der Waals surface area contributed by atoms with Gasteiger partial charge in [0.15, 0.2) is 0 Å². The number of hydrogen-bond acceptors (Lipinski definition) is 6. The average molecular weight is 1120 g/mol. The smallest absolute Gasteiger partial charge is 0.369 e. The quantitative estimate of drug-likeness (QED) is 0.161. The molecular weight excluding hydrogens is 1080 g/mol. The highest BCUT2D eigenvalue weighted by molar-refractivity contribution is 9.69. The Bertz CT molecular complexity index is 2670. The van der Waals surface area contributed by atoms with Gasteiger partial charge < -0.3 is 19.6 Å². The number of hydrogen-bond donors (Lipinski definition) is 1. The predicted molar refractivity (Wildman–Crippen MR) is 273 cm³/mol. The first-order chi connectivity index (χ1) is 30.1. The van der Waals surface area contributed by atoms with Crippen molar-refractivity contribution in [3.63, 3.8) is 0 Å². The van der Waals surface area contributed by atoms with E-state index in [0.717, 1.165) is 50.5 Å². The zero-order valence-electron chi connectivity index (χ0n) is 34.0. The van der Waals surface area contributed by atoms with Crippen LogP contribution in [0.5, 0.6) is 11.5 Å². The van der Waals surface area contributed by atoms with E-state index in [0.29, 0.717) is 44.4 Å². The van der Waals surface area contributed by atoms with E-state index >= 15 is 0 Å². The van der Waals surface area contributed by atoms with E-state index in [1.54, 1.807) is 73.5 Å². The second-order valence-electron chi connectivity index (χ2n) is 14.2. The van der Waals surface area contributed by atoms with Crippen LogP contribution in [0, 0.1) is 0 Å². The first kappa shape index (κ1) is 48.3. The number of fused-ring (bicyclic) bond motifs is 2. The average Bonchev–Trinajstić information content (AvgIpc) is 3.43. The first-order valence-electron chi connectivity index (χ1n) is 19.3. The van der Waals surface area contributed by atoms with Crippen LogP contribution >= 0.6 is 93.7 Å². The molecule has 8 nitrogen and oxygen atoms in total. The number of phenolic OH excluding ortho intramolecular Hbond substituents is 1. The fraction of sp³-hybridized carbons (Fsp3) is 0.149. The summed E-state index contributed by atoms with van der Waals surface area (Å²) in [4.78, 5) is 39.6. The number of methoxy groups -OCH3 is 1. The van der Waals surface area contributed by atoms with Gasteiger partial charge in [0.05, 0.1) is 29.9 Å². The van der Waals surface area contributed by atoms with E-state index in [1.165, 1.54) is 0 Å². The molecule has 2 aliphatic heterocycles. The van der Waals surface area contributed by atoms with Crippen molar-refractivity contribution in [2.45, 2.75) is 24.9 Å². The van der Waals surface area contributed by atoms with Gasteiger partial charge in [-0.15, -0.1) is 47.3 Å². The highest BCUT2D eigenvalue weighted by Crippen LogP contribution is 2.34. The highest BCUT2D eigenvalue weighted by Gasteiger charge is 2.32. The molecule has 0 aliphatic carbocycles. The number of anilines is 2. The Morgan fingerprint density at radius 3 is 1.37 bits per heavy atom.